The summed E-state index contributed by atoms with van der Waals surface area (Å²) in [6.07, 6.45) is 0.243. The molecule has 4 heteroatoms. The molecule has 4 rings (SSSR count). The van der Waals surface area contributed by atoms with Gasteiger partial charge in [0.2, 0.25) is 11.8 Å². The lowest BCUT2D eigenvalue weighted by Gasteiger charge is -2.17. The van der Waals surface area contributed by atoms with Gasteiger partial charge in [-0.2, -0.15) is 0 Å². The van der Waals surface area contributed by atoms with Crippen molar-refractivity contribution < 1.29 is 9.59 Å². The van der Waals surface area contributed by atoms with E-state index in [0.29, 0.717) is 6.54 Å². The molecule has 3 aromatic carbocycles. The molecule has 0 radical (unpaired) electrons. The van der Waals surface area contributed by atoms with Crippen LogP contribution in [0.2, 0.25) is 0 Å². The first-order valence-corrected chi connectivity index (χ1v) is 8.77. The van der Waals surface area contributed by atoms with Gasteiger partial charge in [-0.15, -0.1) is 0 Å². The first-order chi connectivity index (χ1) is 12.6. The topological polar surface area (TPSA) is 49.4 Å². The van der Waals surface area contributed by atoms with Gasteiger partial charge in [-0.25, -0.2) is 0 Å². The number of hydrogen-bond acceptors (Lipinski definition) is 2. The Labute approximate surface area is 152 Å². The number of fused-ring (bicyclic) bond motifs is 1. The third-order valence-electron chi connectivity index (χ3n) is 4.86. The van der Waals surface area contributed by atoms with Gasteiger partial charge in [-0.05, 0) is 42.0 Å². The minimum absolute atomic E-state index is 0.00693. The van der Waals surface area contributed by atoms with Crippen LogP contribution < -0.4 is 10.2 Å². The molecule has 1 fully saturated rings. The second-order valence-electron chi connectivity index (χ2n) is 6.79. The van der Waals surface area contributed by atoms with Crippen molar-refractivity contribution in [3.63, 3.8) is 0 Å². The average molecular weight is 344 g/mol. The number of hydrogen-bond donors (Lipinski definition) is 1. The van der Waals surface area contributed by atoms with Crippen molar-refractivity contribution in [1.82, 2.24) is 0 Å². The summed E-state index contributed by atoms with van der Waals surface area (Å²) < 4.78 is 0. The van der Waals surface area contributed by atoms with E-state index < -0.39 is 0 Å². The predicted octanol–water partition coefficient (Wildman–Crippen LogP) is 4.14. The summed E-state index contributed by atoms with van der Waals surface area (Å²) >= 11 is 0. The number of rotatable bonds is 3. The highest BCUT2D eigenvalue weighted by atomic mass is 16.2. The summed E-state index contributed by atoms with van der Waals surface area (Å²) in [7, 11) is 0. The second-order valence-corrected chi connectivity index (χ2v) is 6.79. The highest BCUT2D eigenvalue weighted by Gasteiger charge is 2.35. The van der Waals surface area contributed by atoms with E-state index in [0.717, 1.165) is 27.7 Å². The van der Waals surface area contributed by atoms with E-state index in [1.807, 2.05) is 73.7 Å². The molecule has 1 heterocycles. The molecule has 0 aromatic heterocycles. The van der Waals surface area contributed by atoms with E-state index in [1.54, 1.807) is 4.90 Å². The Bertz CT molecular complexity index is 979. The zero-order chi connectivity index (χ0) is 18.1. The molecule has 1 N–H and O–H groups in total. The number of benzene rings is 3. The fourth-order valence-electron chi connectivity index (χ4n) is 3.37. The maximum atomic E-state index is 12.6. The summed E-state index contributed by atoms with van der Waals surface area (Å²) in [6.45, 7) is 2.43. The van der Waals surface area contributed by atoms with Gasteiger partial charge in [-0.3, -0.25) is 9.59 Å². The highest BCUT2D eigenvalue weighted by Crippen LogP contribution is 2.27. The van der Waals surface area contributed by atoms with E-state index in [1.165, 1.54) is 0 Å². The minimum atomic E-state index is -0.338. The second kappa shape index (κ2) is 6.64. The normalized spacial score (nSPS) is 16.9. The molecule has 1 aliphatic heterocycles. The van der Waals surface area contributed by atoms with Gasteiger partial charge in [0.25, 0.3) is 0 Å². The molecule has 0 spiro atoms. The van der Waals surface area contributed by atoms with E-state index in [2.05, 4.69) is 5.32 Å². The molecule has 1 aliphatic rings. The summed E-state index contributed by atoms with van der Waals surface area (Å²) in [5.74, 6) is -0.453. The average Bonchev–Trinajstić information content (AvgIpc) is 3.04. The van der Waals surface area contributed by atoms with Crippen molar-refractivity contribution in [3.05, 3.63) is 72.3 Å². The quantitative estimate of drug-likeness (QED) is 0.776. The number of carbonyl (C=O) groups excluding carboxylic acids is 2. The number of aryl methyl sites for hydroxylation is 1. The Morgan fingerprint density at radius 2 is 1.73 bits per heavy atom. The number of nitrogens with one attached hydrogen (secondary N) is 1. The highest BCUT2D eigenvalue weighted by molar-refractivity contribution is 6.04. The molecule has 0 aliphatic carbocycles. The van der Waals surface area contributed by atoms with Crippen LogP contribution in [0.25, 0.3) is 10.8 Å². The summed E-state index contributed by atoms with van der Waals surface area (Å²) in [6, 6.07) is 21.7. The number of amides is 2. The molecule has 0 bridgehead atoms. The lowest BCUT2D eigenvalue weighted by Crippen LogP contribution is -2.28. The van der Waals surface area contributed by atoms with Crippen LogP contribution in [-0.4, -0.2) is 18.4 Å². The summed E-state index contributed by atoms with van der Waals surface area (Å²) in [5, 5.41) is 5.17. The fraction of sp³-hybridized carbons (Fsp3) is 0.182. The third kappa shape index (κ3) is 3.18. The maximum absolute atomic E-state index is 12.6. The molecule has 3 aromatic rings. The lowest BCUT2D eigenvalue weighted by molar-refractivity contribution is -0.122. The Morgan fingerprint density at radius 3 is 2.50 bits per heavy atom. The minimum Gasteiger partial charge on any atom is -0.326 e. The van der Waals surface area contributed by atoms with Crippen LogP contribution in [0.15, 0.2) is 66.7 Å². The van der Waals surface area contributed by atoms with E-state index in [9.17, 15) is 9.59 Å². The molecule has 26 heavy (non-hydrogen) atoms. The fourth-order valence-corrected chi connectivity index (χ4v) is 3.37. The number of carbonyl (C=O) groups is 2. The zero-order valence-corrected chi connectivity index (χ0v) is 14.6. The van der Waals surface area contributed by atoms with Crippen LogP contribution in [0.3, 0.4) is 0 Å². The molecule has 0 saturated carbocycles. The Morgan fingerprint density at radius 1 is 1.00 bits per heavy atom. The molecule has 130 valence electrons. The van der Waals surface area contributed by atoms with Gasteiger partial charge < -0.3 is 10.2 Å². The van der Waals surface area contributed by atoms with Gasteiger partial charge in [0.05, 0.1) is 5.92 Å². The molecule has 1 atom stereocenters. The van der Waals surface area contributed by atoms with Crippen LogP contribution in [0.5, 0.6) is 0 Å². The summed E-state index contributed by atoms with van der Waals surface area (Å²) in [4.78, 5) is 26.7. The van der Waals surface area contributed by atoms with E-state index in [4.69, 9.17) is 0 Å². The van der Waals surface area contributed by atoms with Crippen molar-refractivity contribution in [3.8, 4) is 0 Å². The van der Waals surface area contributed by atoms with Crippen molar-refractivity contribution in [2.24, 2.45) is 5.92 Å². The maximum Gasteiger partial charge on any atom is 0.229 e. The monoisotopic (exact) mass is 344 g/mol. The largest absolute Gasteiger partial charge is 0.326 e. The standard InChI is InChI=1S/C22H20N2O2/c1-15-6-10-20(11-7-15)24-14-18(13-21(24)25)22(26)23-19-9-8-16-4-2-3-5-17(16)12-19/h2-12,18H,13-14H2,1H3,(H,23,26)/t18-/m0/s1. The number of anilines is 2. The Hall–Kier alpha value is -3.14. The number of nitrogens with zero attached hydrogens (tertiary/aromatic N) is 1. The molecule has 2 amide bonds. The SMILES string of the molecule is Cc1ccc(N2C[C@@H](C(=O)Nc3ccc4ccccc4c3)CC2=O)cc1. The van der Waals surface area contributed by atoms with Crippen LogP contribution in [0, 0.1) is 12.8 Å². The third-order valence-corrected chi connectivity index (χ3v) is 4.86. The lowest BCUT2D eigenvalue weighted by atomic mass is 10.1. The molecular weight excluding hydrogens is 324 g/mol. The van der Waals surface area contributed by atoms with Gasteiger partial charge in [0, 0.05) is 24.3 Å². The van der Waals surface area contributed by atoms with Crippen LogP contribution in [0.1, 0.15) is 12.0 Å². The van der Waals surface area contributed by atoms with Gasteiger partial charge in [0.1, 0.15) is 0 Å². The Kier molecular flexibility index (Phi) is 4.17. The van der Waals surface area contributed by atoms with E-state index in [-0.39, 0.29) is 24.2 Å². The molecule has 1 saturated heterocycles. The zero-order valence-electron chi connectivity index (χ0n) is 14.6. The first kappa shape index (κ1) is 16.3. The Balaban J connectivity index is 1.48. The van der Waals surface area contributed by atoms with E-state index >= 15 is 0 Å². The van der Waals surface area contributed by atoms with Crippen molar-refractivity contribution in [1.29, 1.82) is 0 Å². The van der Waals surface area contributed by atoms with Crippen LogP contribution >= 0.6 is 0 Å². The van der Waals surface area contributed by atoms with Gasteiger partial charge in [0.15, 0.2) is 0 Å². The molecular formula is C22H20N2O2. The molecule has 4 nitrogen and oxygen atoms in total. The van der Waals surface area contributed by atoms with Crippen molar-refractivity contribution >= 4 is 34.0 Å². The first-order valence-electron chi connectivity index (χ1n) is 8.77. The van der Waals surface area contributed by atoms with Crippen molar-refractivity contribution in [2.75, 3.05) is 16.8 Å². The summed E-state index contributed by atoms with van der Waals surface area (Å²) in [5.41, 5.74) is 2.75. The van der Waals surface area contributed by atoms with Gasteiger partial charge >= 0.3 is 0 Å². The van der Waals surface area contributed by atoms with Crippen LogP contribution in [-0.2, 0) is 9.59 Å². The van der Waals surface area contributed by atoms with Gasteiger partial charge in [-0.1, -0.05) is 48.0 Å². The smallest absolute Gasteiger partial charge is 0.229 e. The predicted molar refractivity (Wildman–Crippen MR) is 104 cm³/mol. The molecule has 0 unspecified atom stereocenters. The van der Waals surface area contributed by atoms with Crippen molar-refractivity contribution in [2.45, 2.75) is 13.3 Å². The van der Waals surface area contributed by atoms with Crippen LogP contribution in [0.4, 0.5) is 11.4 Å².